The van der Waals surface area contributed by atoms with Gasteiger partial charge in [-0.3, -0.25) is 4.90 Å². The van der Waals surface area contributed by atoms with Crippen LogP contribution in [-0.4, -0.2) is 72.9 Å². The third kappa shape index (κ3) is 9.64. The van der Waals surface area contributed by atoms with Crippen molar-refractivity contribution in [3.8, 4) is 0 Å². The first kappa shape index (κ1) is 25.4. The number of halogens is 3. The second-order valence-electron chi connectivity index (χ2n) is 6.78. The molecule has 0 fully saturated rings. The van der Waals surface area contributed by atoms with Crippen molar-refractivity contribution in [3.05, 3.63) is 24.0 Å². The first-order valence-electron chi connectivity index (χ1n) is 9.43. The minimum Gasteiger partial charge on any atom is -0.475 e. The van der Waals surface area contributed by atoms with Crippen molar-refractivity contribution in [1.82, 2.24) is 9.47 Å². The first-order chi connectivity index (χ1) is 13.5. The average Bonchev–Trinajstić information content (AvgIpc) is 2.99. The summed E-state index contributed by atoms with van der Waals surface area (Å²) in [4.78, 5) is 11.2. The Morgan fingerprint density at radius 3 is 2.52 bits per heavy atom. The zero-order valence-corrected chi connectivity index (χ0v) is 17.5. The molecule has 1 atom stereocenters. The van der Waals surface area contributed by atoms with Crippen LogP contribution in [0.15, 0.2) is 18.3 Å². The number of alkyl halides is 3. The molecule has 1 aromatic rings. The molecule has 0 bridgehead atoms. The molecule has 1 aliphatic rings. The number of hydrogen-bond acceptors (Lipinski definition) is 5. The highest BCUT2D eigenvalue weighted by atomic mass is 32.2. The van der Waals surface area contributed by atoms with Gasteiger partial charge in [0.05, 0.1) is 5.75 Å². The number of carboxylic acid groups (broad SMARTS) is 1. The number of carboxylic acids is 1. The van der Waals surface area contributed by atoms with Crippen molar-refractivity contribution in [3.63, 3.8) is 0 Å². The molecular formula is C18H29F3N2O5S. The van der Waals surface area contributed by atoms with Gasteiger partial charge in [-0.05, 0) is 31.4 Å². The maximum atomic E-state index is 11.8. The van der Waals surface area contributed by atoms with Gasteiger partial charge in [0.2, 0.25) is 0 Å². The number of nitrogens with zero attached hydrogens (tertiary/aromatic N) is 2. The van der Waals surface area contributed by atoms with Gasteiger partial charge in [-0.15, -0.1) is 0 Å². The van der Waals surface area contributed by atoms with Crippen molar-refractivity contribution < 1.29 is 36.2 Å². The van der Waals surface area contributed by atoms with E-state index in [1.807, 2.05) is 6.92 Å². The van der Waals surface area contributed by atoms with Crippen molar-refractivity contribution in [2.45, 2.75) is 39.5 Å². The van der Waals surface area contributed by atoms with E-state index in [0.29, 0.717) is 12.5 Å². The van der Waals surface area contributed by atoms with Crippen LogP contribution >= 0.6 is 0 Å². The summed E-state index contributed by atoms with van der Waals surface area (Å²) in [6.07, 6.45) is -1.95. The molecule has 0 aliphatic carbocycles. The van der Waals surface area contributed by atoms with Gasteiger partial charge in [-0.1, -0.05) is 6.92 Å². The molecule has 168 valence electrons. The second kappa shape index (κ2) is 11.6. The van der Waals surface area contributed by atoms with Gasteiger partial charge >= 0.3 is 12.1 Å². The number of fused-ring (bicyclic) bond motifs is 1. The van der Waals surface area contributed by atoms with E-state index in [2.05, 4.69) is 27.8 Å². The van der Waals surface area contributed by atoms with Crippen LogP contribution in [0.1, 0.15) is 26.0 Å². The molecule has 1 unspecified atom stereocenters. The lowest BCUT2D eigenvalue weighted by Gasteiger charge is -2.23. The molecule has 11 heteroatoms. The molecule has 0 amide bonds. The van der Waals surface area contributed by atoms with Crippen LogP contribution in [0.2, 0.25) is 0 Å². The fourth-order valence-corrected chi connectivity index (χ4v) is 3.75. The first-order valence-corrected chi connectivity index (χ1v) is 11.2. The Morgan fingerprint density at radius 1 is 1.31 bits per heavy atom. The fourth-order valence-electron chi connectivity index (χ4n) is 2.93. The smallest absolute Gasteiger partial charge is 0.475 e. The predicted octanol–water partition coefficient (Wildman–Crippen LogP) is 2.41. The molecule has 0 spiro atoms. The molecular weight excluding hydrogens is 413 g/mol. The number of aromatic nitrogens is 1. The molecule has 1 aromatic heterocycles. The predicted molar refractivity (Wildman–Crippen MR) is 102 cm³/mol. The highest BCUT2D eigenvalue weighted by molar-refractivity contribution is 7.91. The number of hydrogen-bond donors (Lipinski definition) is 1. The maximum Gasteiger partial charge on any atom is 0.490 e. The summed E-state index contributed by atoms with van der Waals surface area (Å²) in [7, 11) is -2.91. The molecule has 1 N–H and O–H groups in total. The van der Waals surface area contributed by atoms with E-state index in [-0.39, 0.29) is 11.5 Å². The molecule has 1 aliphatic heterocycles. The van der Waals surface area contributed by atoms with E-state index < -0.39 is 22.0 Å². The number of aliphatic carboxylic acids is 1. The molecule has 0 aromatic carbocycles. The van der Waals surface area contributed by atoms with Crippen molar-refractivity contribution in [1.29, 1.82) is 0 Å². The van der Waals surface area contributed by atoms with Crippen molar-refractivity contribution in [2.75, 3.05) is 37.8 Å². The van der Waals surface area contributed by atoms with Gasteiger partial charge in [0.1, 0.15) is 0 Å². The Balaban J connectivity index is 0.000000516. The zero-order valence-electron chi connectivity index (χ0n) is 16.7. The molecule has 7 nitrogen and oxygen atoms in total. The molecule has 2 heterocycles. The minimum absolute atomic E-state index is 0.227. The van der Waals surface area contributed by atoms with Crippen LogP contribution in [0.5, 0.6) is 0 Å². The van der Waals surface area contributed by atoms with Crippen molar-refractivity contribution >= 4 is 15.8 Å². The maximum absolute atomic E-state index is 11.8. The highest BCUT2D eigenvalue weighted by Crippen LogP contribution is 2.19. The van der Waals surface area contributed by atoms with E-state index in [4.69, 9.17) is 14.6 Å². The summed E-state index contributed by atoms with van der Waals surface area (Å²) in [6.45, 7) is 8.63. The van der Waals surface area contributed by atoms with Crippen molar-refractivity contribution in [2.24, 2.45) is 5.92 Å². The normalized spacial score (nSPS) is 17.8. The number of sulfone groups is 1. The number of ether oxygens (including phenoxy) is 1. The Kier molecular flexibility index (Phi) is 10.1. The molecule has 0 saturated carbocycles. The van der Waals surface area contributed by atoms with Gasteiger partial charge in [0.25, 0.3) is 0 Å². The summed E-state index contributed by atoms with van der Waals surface area (Å²) in [5, 5.41) is 7.12. The van der Waals surface area contributed by atoms with Crippen LogP contribution in [-0.2, 0) is 32.5 Å². The van der Waals surface area contributed by atoms with Crippen LogP contribution in [0.3, 0.4) is 0 Å². The Morgan fingerprint density at radius 2 is 1.97 bits per heavy atom. The molecule has 0 radical (unpaired) electrons. The van der Waals surface area contributed by atoms with Gasteiger partial charge in [-0.25, -0.2) is 13.2 Å². The molecule has 29 heavy (non-hydrogen) atoms. The third-order valence-corrected chi connectivity index (χ3v) is 6.24. The average molecular weight is 443 g/mol. The van der Waals surface area contributed by atoms with Gasteiger partial charge in [-0.2, -0.15) is 13.2 Å². The molecule has 0 saturated heterocycles. The Bertz CT molecular complexity index is 734. The summed E-state index contributed by atoms with van der Waals surface area (Å²) in [6, 6.07) is 4.20. The second-order valence-corrected chi connectivity index (χ2v) is 9.25. The third-order valence-electron chi connectivity index (χ3n) is 4.56. The zero-order chi connectivity index (χ0) is 22.1. The fraction of sp³-hybridized carbons (Fsp3) is 0.722. The SMILES string of the molecule is CCOCCC1CN(CCS(=O)(=O)CC)Cc2cccn2C1.O=C(O)C(F)(F)F. The van der Waals surface area contributed by atoms with Gasteiger partial charge in [0.15, 0.2) is 9.84 Å². The summed E-state index contributed by atoms with van der Waals surface area (Å²) >= 11 is 0. The number of rotatable bonds is 8. The molecule has 2 rings (SSSR count). The van der Waals surface area contributed by atoms with Crippen LogP contribution < -0.4 is 0 Å². The Labute approximate surface area is 169 Å². The highest BCUT2D eigenvalue weighted by Gasteiger charge is 2.38. The van der Waals surface area contributed by atoms with Crippen LogP contribution in [0.4, 0.5) is 13.2 Å². The lowest BCUT2D eigenvalue weighted by atomic mass is 10.1. The Hall–Kier alpha value is -1.59. The van der Waals surface area contributed by atoms with E-state index in [1.165, 1.54) is 5.69 Å². The standard InChI is InChI=1S/C16H28N2O3S.C2HF3O2/c1-3-21-10-7-15-12-17(9-11-22(19,20)4-2)14-16-6-5-8-18(16)13-15;3-2(4,5)1(6)7/h5-6,8,15H,3-4,7,9-14H2,1-2H3;(H,6,7). The van der Waals surface area contributed by atoms with Gasteiger partial charge in [0, 0.05) is 57.0 Å². The van der Waals surface area contributed by atoms with E-state index in [0.717, 1.165) is 39.3 Å². The monoisotopic (exact) mass is 442 g/mol. The van der Waals surface area contributed by atoms with E-state index >= 15 is 0 Å². The summed E-state index contributed by atoms with van der Waals surface area (Å²) < 4.78 is 63.1. The lowest BCUT2D eigenvalue weighted by Crippen LogP contribution is -2.33. The van der Waals surface area contributed by atoms with Gasteiger partial charge < -0.3 is 14.4 Å². The topological polar surface area (TPSA) is 88.8 Å². The summed E-state index contributed by atoms with van der Waals surface area (Å²) in [5.41, 5.74) is 1.27. The quantitative estimate of drug-likeness (QED) is 0.622. The van der Waals surface area contributed by atoms with Crippen LogP contribution in [0, 0.1) is 5.92 Å². The largest absolute Gasteiger partial charge is 0.490 e. The summed E-state index contributed by atoms with van der Waals surface area (Å²) in [5.74, 6) is -1.77. The number of carbonyl (C=O) groups is 1. The minimum atomic E-state index is -5.08. The lowest BCUT2D eigenvalue weighted by molar-refractivity contribution is -0.192. The van der Waals surface area contributed by atoms with E-state index in [1.54, 1.807) is 6.92 Å². The van der Waals surface area contributed by atoms with E-state index in [9.17, 15) is 21.6 Å². The van der Waals surface area contributed by atoms with Crippen LogP contribution in [0.25, 0.3) is 0 Å².